The fraction of sp³-hybridized carbons (Fsp3) is 0.308. The predicted molar refractivity (Wildman–Crippen MR) is 83.8 cm³/mol. The number of carboxylic acid groups (broad SMARTS) is 1. The van der Waals surface area contributed by atoms with E-state index in [4.69, 9.17) is 16.7 Å². The number of nitrogens with one attached hydrogen (secondary N) is 1. The van der Waals surface area contributed by atoms with Gasteiger partial charge in [0.25, 0.3) is 10.0 Å². The van der Waals surface area contributed by atoms with Crippen molar-refractivity contribution in [1.82, 2.24) is 4.72 Å². The summed E-state index contributed by atoms with van der Waals surface area (Å²) in [6.07, 6.45) is -0.460. The van der Waals surface area contributed by atoms with Gasteiger partial charge in [-0.15, -0.1) is 11.3 Å². The van der Waals surface area contributed by atoms with E-state index in [1.165, 1.54) is 6.07 Å². The van der Waals surface area contributed by atoms with Crippen LogP contribution in [-0.4, -0.2) is 31.7 Å². The molecule has 2 aromatic rings. The van der Waals surface area contributed by atoms with Gasteiger partial charge < -0.3 is 5.11 Å². The van der Waals surface area contributed by atoms with Crippen molar-refractivity contribution >= 4 is 49.0 Å². The van der Waals surface area contributed by atoms with E-state index in [0.29, 0.717) is 15.1 Å². The van der Waals surface area contributed by atoms with Gasteiger partial charge in [0.2, 0.25) is 0 Å². The molecule has 0 radical (unpaired) electrons. The molecule has 1 atom stereocenters. The van der Waals surface area contributed by atoms with Crippen LogP contribution in [0.4, 0.5) is 4.39 Å². The van der Waals surface area contributed by atoms with E-state index in [1.54, 1.807) is 18.2 Å². The monoisotopic (exact) mass is 365 g/mol. The van der Waals surface area contributed by atoms with E-state index < -0.39 is 34.6 Å². The summed E-state index contributed by atoms with van der Waals surface area (Å²) in [6, 6.07) is 6.34. The molecular formula is C13H13ClFNO4S2. The summed E-state index contributed by atoms with van der Waals surface area (Å²) in [6.45, 7) is 0.185. The minimum atomic E-state index is -4.08. The smallest absolute Gasteiger partial charge is 0.324 e. The Balaban J connectivity index is 2.41. The Labute approximate surface area is 135 Å². The normalized spacial score (nSPS) is 14.9. The van der Waals surface area contributed by atoms with Crippen LogP contribution in [-0.2, 0) is 14.8 Å². The first-order valence-corrected chi connectivity index (χ1v) is 8.88. The molecule has 5 nitrogen and oxygen atoms in total. The van der Waals surface area contributed by atoms with Crippen molar-refractivity contribution in [1.29, 1.82) is 0 Å². The fourth-order valence-corrected chi connectivity index (χ4v) is 4.81. The van der Waals surface area contributed by atoms with Crippen LogP contribution in [0.15, 0.2) is 28.5 Å². The highest BCUT2D eigenvalue weighted by atomic mass is 35.5. The van der Waals surface area contributed by atoms with Crippen LogP contribution in [0, 0.1) is 0 Å². The number of fused-ring (bicyclic) bond motifs is 1. The van der Waals surface area contributed by atoms with E-state index in [1.807, 2.05) is 0 Å². The Morgan fingerprint density at radius 3 is 2.73 bits per heavy atom. The molecule has 1 heterocycles. The van der Waals surface area contributed by atoms with Gasteiger partial charge in [-0.3, -0.25) is 9.18 Å². The van der Waals surface area contributed by atoms with Crippen LogP contribution in [0.1, 0.15) is 13.3 Å². The minimum absolute atomic E-state index is 0.0453. The summed E-state index contributed by atoms with van der Waals surface area (Å²) in [4.78, 5) is 11.2. The van der Waals surface area contributed by atoms with Crippen LogP contribution >= 0.6 is 22.9 Å². The molecule has 0 bridgehead atoms. The number of carboxylic acids is 1. The van der Waals surface area contributed by atoms with Gasteiger partial charge in [0.15, 0.2) is 0 Å². The SMILES string of the molecule is CC(CCF)(NS(=O)(=O)c1cc2cc(Cl)ccc2s1)C(=O)O. The van der Waals surface area contributed by atoms with Crippen molar-refractivity contribution in [2.45, 2.75) is 23.1 Å². The largest absolute Gasteiger partial charge is 0.480 e. The van der Waals surface area contributed by atoms with Crippen LogP contribution < -0.4 is 4.72 Å². The molecule has 0 saturated heterocycles. The van der Waals surface area contributed by atoms with Gasteiger partial charge in [-0.1, -0.05) is 11.6 Å². The summed E-state index contributed by atoms with van der Waals surface area (Å²) >= 11 is 6.84. The topological polar surface area (TPSA) is 83.5 Å². The first kappa shape index (κ1) is 17.1. The van der Waals surface area contributed by atoms with Gasteiger partial charge in [0, 0.05) is 16.1 Å². The number of sulfonamides is 1. The molecular weight excluding hydrogens is 353 g/mol. The van der Waals surface area contributed by atoms with Crippen molar-refractivity contribution in [3.05, 3.63) is 29.3 Å². The standard InChI is InChI=1S/C13H13ClFNO4S2/c1-13(4-5-15,12(17)18)16-22(19,20)11-7-8-6-9(14)2-3-10(8)21-11/h2-3,6-7,16H,4-5H2,1H3,(H,17,18). The van der Waals surface area contributed by atoms with Crippen molar-refractivity contribution in [2.75, 3.05) is 6.67 Å². The maximum atomic E-state index is 12.5. The second kappa shape index (κ2) is 6.11. The molecule has 0 fully saturated rings. The molecule has 22 heavy (non-hydrogen) atoms. The van der Waals surface area contributed by atoms with Crippen LogP contribution in [0.25, 0.3) is 10.1 Å². The van der Waals surface area contributed by atoms with Crippen LogP contribution in [0.3, 0.4) is 0 Å². The van der Waals surface area contributed by atoms with Crippen molar-refractivity contribution < 1.29 is 22.7 Å². The highest BCUT2D eigenvalue weighted by molar-refractivity contribution is 7.91. The number of halogens is 2. The number of carbonyl (C=O) groups is 1. The van der Waals surface area contributed by atoms with E-state index in [0.717, 1.165) is 18.3 Å². The Bertz CT molecular complexity index is 821. The maximum absolute atomic E-state index is 12.5. The van der Waals surface area contributed by atoms with E-state index in [2.05, 4.69) is 4.72 Å². The highest BCUT2D eigenvalue weighted by Gasteiger charge is 2.38. The van der Waals surface area contributed by atoms with Crippen molar-refractivity contribution in [3.8, 4) is 0 Å². The summed E-state index contributed by atoms with van der Waals surface area (Å²) in [5.41, 5.74) is -1.90. The number of benzene rings is 1. The van der Waals surface area contributed by atoms with Gasteiger partial charge in [-0.2, -0.15) is 4.72 Å². The zero-order valence-corrected chi connectivity index (χ0v) is 13.9. The Hall–Kier alpha value is -1.22. The second-order valence-electron chi connectivity index (χ2n) is 4.93. The molecule has 2 N–H and O–H groups in total. The maximum Gasteiger partial charge on any atom is 0.324 e. The molecule has 9 heteroatoms. The molecule has 2 rings (SSSR count). The van der Waals surface area contributed by atoms with Gasteiger partial charge in [0.1, 0.15) is 9.75 Å². The average Bonchev–Trinajstić information content (AvgIpc) is 2.82. The Morgan fingerprint density at radius 1 is 1.45 bits per heavy atom. The fourth-order valence-electron chi connectivity index (χ4n) is 1.86. The molecule has 0 spiro atoms. The molecule has 0 aliphatic rings. The molecule has 1 aromatic carbocycles. The van der Waals surface area contributed by atoms with Crippen LogP contribution in [0.2, 0.25) is 5.02 Å². The van der Waals surface area contributed by atoms with Crippen molar-refractivity contribution in [3.63, 3.8) is 0 Å². The first-order chi connectivity index (χ1) is 10.2. The number of hydrogen-bond acceptors (Lipinski definition) is 4. The summed E-state index contributed by atoms with van der Waals surface area (Å²) in [5.74, 6) is -1.43. The number of hydrogen-bond donors (Lipinski definition) is 2. The minimum Gasteiger partial charge on any atom is -0.480 e. The molecule has 0 saturated carbocycles. The summed E-state index contributed by atoms with van der Waals surface area (Å²) in [7, 11) is -4.08. The first-order valence-electron chi connectivity index (χ1n) is 6.20. The molecule has 1 unspecified atom stereocenters. The lowest BCUT2D eigenvalue weighted by Gasteiger charge is -2.24. The lowest BCUT2D eigenvalue weighted by atomic mass is 10.0. The second-order valence-corrected chi connectivity index (χ2v) is 8.36. The summed E-state index contributed by atoms with van der Waals surface area (Å²) < 4.78 is 40.0. The lowest BCUT2D eigenvalue weighted by molar-refractivity contribution is -0.143. The van der Waals surface area contributed by atoms with Crippen molar-refractivity contribution in [2.24, 2.45) is 0 Å². The Kier molecular flexibility index (Phi) is 4.76. The van der Waals surface area contributed by atoms with Gasteiger partial charge >= 0.3 is 5.97 Å². The zero-order chi connectivity index (χ0) is 16.5. The molecule has 0 aliphatic carbocycles. The number of rotatable bonds is 6. The van der Waals surface area contributed by atoms with Gasteiger partial charge in [-0.05, 0) is 36.6 Å². The lowest BCUT2D eigenvalue weighted by Crippen LogP contribution is -2.52. The molecule has 1 aromatic heterocycles. The third kappa shape index (κ3) is 3.40. The average molecular weight is 366 g/mol. The molecule has 0 aliphatic heterocycles. The quantitative estimate of drug-likeness (QED) is 0.824. The highest BCUT2D eigenvalue weighted by Crippen LogP contribution is 2.31. The Morgan fingerprint density at radius 2 is 2.14 bits per heavy atom. The zero-order valence-electron chi connectivity index (χ0n) is 11.5. The predicted octanol–water partition coefficient (Wildman–Crippen LogP) is 3.04. The van der Waals surface area contributed by atoms with Crippen LogP contribution in [0.5, 0.6) is 0 Å². The third-order valence-corrected chi connectivity index (χ3v) is 6.57. The molecule has 0 amide bonds. The van der Waals surface area contributed by atoms with E-state index >= 15 is 0 Å². The summed E-state index contributed by atoms with van der Waals surface area (Å²) in [5, 5.41) is 10.2. The molecule has 120 valence electrons. The van der Waals surface area contributed by atoms with Gasteiger partial charge in [0.05, 0.1) is 6.67 Å². The third-order valence-electron chi connectivity index (χ3n) is 3.15. The van der Waals surface area contributed by atoms with Gasteiger partial charge in [-0.25, -0.2) is 8.42 Å². The number of thiophene rings is 1. The number of alkyl halides is 1. The number of aliphatic carboxylic acids is 1. The van der Waals surface area contributed by atoms with E-state index in [-0.39, 0.29) is 4.21 Å². The van der Waals surface area contributed by atoms with E-state index in [9.17, 15) is 17.6 Å².